The zero-order chi connectivity index (χ0) is 23.2. The van der Waals surface area contributed by atoms with Crippen LogP contribution >= 0.6 is 0 Å². The Morgan fingerprint density at radius 2 is 1.85 bits per heavy atom. The molecule has 0 saturated carbocycles. The quantitative estimate of drug-likeness (QED) is 0.382. The number of aryl methyl sites for hydroxylation is 1. The van der Waals surface area contributed by atoms with Crippen LogP contribution in [0.5, 0.6) is 11.6 Å². The Balaban J connectivity index is 1.38. The lowest BCUT2D eigenvalue weighted by Gasteiger charge is -2.06. The number of aromatic nitrogens is 3. The van der Waals surface area contributed by atoms with Crippen LogP contribution in [-0.4, -0.2) is 32.4 Å². The highest BCUT2D eigenvalue weighted by Gasteiger charge is 2.14. The van der Waals surface area contributed by atoms with E-state index in [-0.39, 0.29) is 6.42 Å². The molecule has 2 heterocycles. The van der Waals surface area contributed by atoms with E-state index in [2.05, 4.69) is 10.1 Å². The van der Waals surface area contributed by atoms with Crippen molar-refractivity contribution in [3.63, 3.8) is 0 Å². The molecule has 1 N–H and O–H groups in total. The van der Waals surface area contributed by atoms with Gasteiger partial charge in [-0.3, -0.25) is 9.48 Å². The summed E-state index contributed by atoms with van der Waals surface area (Å²) in [6.45, 7) is 4.93. The summed E-state index contributed by atoms with van der Waals surface area (Å²) >= 11 is 0. The predicted molar refractivity (Wildman–Crippen MR) is 121 cm³/mol. The van der Waals surface area contributed by atoms with Gasteiger partial charge in [-0.05, 0) is 43.7 Å². The zero-order valence-corrected chi connectivity index (χ0v) is 18.5. The summed E-state index contributed by atoms with van der Waals surface area (Å²) in [5.41, 5.74) is 3.23. The molecule has 0 radical (unpaired) electrons. The minimum absolute atomic E-state index is 0.129. The molecule has 0 aliphatic rings. The molecule has 0 aliphatic heterocycles. The van der Waals surface area contributed by atoms with Gasteiger partial charge in [-0.2, -0.15) is 0 Å². The standard InChI is InChI=1S/C25H25N3O5/c1-3-31-25-20(13-23(29)30)15-28(27-25)14-18-9-11-21(12-10-18)32-16-22-17(2)33-24(26-22)19-7-5-4-6-8-19/h4-12,15H,3,13-14,16H2,1-2H3,(H,29,30). The minimum atomic E-state index is -0.921. The molecule has 0 fully saturated rings. The van der Waals surface area contributed by atoms with Gasteiger partial charge in [-0.1, -0.05) is 30.3 Å². The van der Waals surface area contributed by atoms with Crippen LogP contribution in [0.3, 0.4) is 0 Å². The molecule has 2 aromatic heterocycles. The molecule has 0 amide bonds. The molecule has 0 bridgehead atoms. The van der Waals surface area contributed by atoms with E-state index in [0.29, 0.717) is 42.8 Å². The van der Waals surface area contributed by atoms with Crippen LogP contribution in [0.4, 0.5) is 0 Å². The maximum Gasteiger partial charge on any atom is 0.308 e. The van der Waals surface area contributed by atoms with E-state index in [4.69, 9.17) is 19.0 Å². The number of aliphatic carboxylic acids is 1. The van der Waals surface area contributed by atoms with Gasteiger partial charge in [0.25, 0.3) is 0 Å². The molecule has 0 unspecified atom stereocenters. The van der Waals surface area contributed by atoms with Gasteiger partial charge >= 0.3 is 5.97 Å². The van der Waals surface area contributed by atoms with E-state index in [1.807, 2.05) is 68.4 Å². The highest BCUT2D eigenvalue weighted by molar-refractivity contribution is 5.70. The Kier molecular flexibility index (Phi) is 6.73. The topological polar surface area (TPSA) is 99.6 Å². The van der Waals surface area contributed by atoms with Gasteiger partial charge < -0.3 is 19.0 Å². The van der Waals surface area contributed by atoms with E-state index in [1.165, 1.54) is 0 Å². The van der Waals surface area contributed by atoms with Crippen molar-refractivity contribution in [1.29, 1.82) is 0 Å². The van der Waals surface area contributed by atoms with Crippen LogP contribution in [0.25, 0.3) is 11.5 Å². The van der Waals surface area contributed by atoms with E-state index in [9.17, 15) is 4.79 Å². The third-order valence-corrected chi connectivity index (χ3v) is 4.98. The first kappa shape index (κ1) is 22.1. The van der Waals surface area contributed by atoms with Crippen LogP contribution in [0.2, 0.25) is 0 Å². The number of carbonyl (C=O) groups is 1. The summed E-state index contributed by atoms with van der Waals surface area (Å²) < 4.78 is 18.8. The molecule has 4 aromatic rings. The number of oxazole rings is 1. The van der Waals surface area contributed by atoms with Gasteiger partial charge in [0, 0.05) is 17.3 Å². The van der Waals surface area contributed by atoms with Crippen molar-refractivity contribution in [2.24, 2.45) is 0 Å². The average Bonchev–Trinajstić information content (AvgIpc) is 3.36. The third kappa shape index (κ3) is 5.60. The fraction of sp³-hybridized carbons (Fsp3) is 0.240. The van der Waals surface area contributed by atoms with E-state index < -0.39 is 5.97 Å². The first-order valence-corrected chi connectivity index (χ1v) is 10.7. The molecule has 0 spiro atoms. The van der Waals surface area contributed by atoms with Crippen LogP contribution in [0.15, 0.2) is 65.2 Å². The molecule has 4 rings (SSSR count). The number of ether oxygens (including phenoxy) is 2. The van der Waals surface area contributed by atoms with Gasteiger partial charge in [0.15, 0.2) is 0 Å². The zero-order valence-electron chi connectivity index (χ0n) is 18.5. The normalized spacial score (nSPS) is 10.8. The first-order valence-electron chi connectivity index (χ1n) is 10.7. The number of nitrogens with zero attached hydrogens (tertiary/aromatic N) is 3. The van der Waals surface area contributed by atoms with E-state index in [0.717, 1.165) is 22.6 Å². The Hall–Kier alpha value is -4.07. The fourth-order valence-corrected chi connectivity index (χ4v) is 3.36. The van der Waals surface area contributed by atoms with Crippen molar-refractivity contribution in [1.82, 2.24) is 14.8 Å². The summed E-state index contributed by atoms with van der Waals surface area (Å²) in [7, 11) is 0. The van der Waals surface area contributed by atoms with Gasteiger partial charge in [-0.15, -0.1) is 5.10 Å². The van der Waals surface area contributed by atoms with Gasteiger partial charge in [0.2, 0.25) is 11.8 Å². The highest BCUT2D eigenvalue weighted by atomic mass is 16.5. The van der Waals surface area contributed by atoms with E-state index >= 15 is 0 Å². The van der Waals surface area contributed by atoms with Gasteiger partial charge in [0.05, 0.1) is 19.6 Å². The predicted octanol–water partition coefficient (Wildman–Crippen LogP) is 4.50. The Morgan fingerprint density at radius 3 is 2.55 bits per heavy atom. The number of rotatable bonds is 10. The third-order valence-electron chi connectivity index (χ3n) is 4.98. The smallest absolute Gasteiger partial charge is 0.308 e. The van der Waals surface area contributed by atoms with Crippen molar-refractivity contribution in [3.8, 4) is 23.1 Å². The largest absolute Gasteiger partial charge is 0.487 e. The Morgan fingerprint density at radius 1 is 1.09 bits per heavy atom. The molecule has 170 valence electrons. The highest BCUT2D eigenvalue weighted by Crippen LogP contribution is 2.23. The fourth-order valence-electron chi connectivity index (χ4n) is 3.36. The maximum absolute atomic E-state index is 11.1. The molecule has 8 heteroatoms. The van der Waals surface area contributed by atoms with Crippen LogP contribution in [0.1, 0.15) is 29.5 Å². The summed E-state index contributed by atoms with van der Waals surface area (Å²) in [6.07, 6.45) is 1.58. The number of carboxylic acids is 1. The molecule has 2 aromatic carbocycles. The molecular formula is C25H25N3O5. The van der Waals surface area contributed by atoms with Crippen LogP contribution < -0.4 is 9.47 Å². The van der Waals surface area contributed by atoms with Crippen LogP contribution in [0, 0.1) is 6.92 Å². The van der Waals surface area contributed by atoms with Crippen molar-refractivity contribution >= 4 is 5.97 Å². The second-order valence-corrected chi connectivity index (χ2v) is 7.48. The molecule has 33 heavy (non-hydrogen) atoms. The molecule has 8 nitrogen and oxygen atoms in total. The van der Waals surface area contributed by atoms with Crippen LogP contribution in [-0.2, 0) is 24.4 Å². The molecule has 0 saturated heterocycles. The lowest BCUT2D eigenvalue weighted by Crippen LogP contribution is -2.02. The van der Waals surface area contributed by atoms with Crippen molar-refractivity contribution in [2.75, 3.05) is 6.61 Å². The lowest BCUT2D eigenvalue weighted by molar-refractivity contribution is -0.136. The van der Waals surface area contributed by atoms with Crippen molar-refractivity contribution < 1.29 is 23.8 Å². The Labute approximate surface area is 191 Å². The average molecular weight is 447 g/mol. The summed E-state index contributed by atoms with van der Waals surface area (Å²) in [5, 5.41) is 13.4. The number of carboxylic acid groups (broad SMARTS) is 1. The minimum Gasteiger partial charge on any atom is -0.487 e. The van der Waals surface area contributed by atoms with Crippen molar-refractivity contribution in [3.05, 3.63) is 83.4 Å². The number of hydrogen-bond acceptors (Lipinski definition) is 6. The summed E-state index contributed by atoms with van der Waals surface area (Å²) in [6, 6.07) is 17.4. The van der Waals surface area contributed by atoms with Gasteiger partial charge in [0.1, 0.15) is 23.8 Å². The monoisotopic (exact) mass is 447 g/mol. The second-order valence-electron chi connectivity index (χ2n) is 7.48. The van der Waals surface area contributed by atoms with Crippen molar-refractivity contribution in [2.45, 2.75) is 33.4 Å². The summed E-state index contributed by atoms with van der Waals surface area (Å²) in [5.74, 6) is 1.46. The SMILES string of the molecule is CCOc1nn(Cc2ccc(OCc3nc(-c4ccccc4)oc3C)cc2)cc1CC(=O)O. The summed E-state index contributed by atoms with van der Waals surface area (Å²) in [4.78, 5) is 15.6. The number of hydrogen-bond donors (Lipinski definition) is 1. The lowest BCUT2D eigenvalue weighted by atomic mass is 10.2. The first-order chi connectivity index (χ1) is 16.0. The van der Waals surface area contributed by atoms with E-state index in [1.54, 1.807) is 10.9 Å². The second kappa shape index (κ2) is 10.0. The number of benzene rings is 2. The maximum atomic E-state index is 11.1. The Bertz CT molecular complexity index is 1210. The van der Waals surface area contributed by atoms with Gasteiger partial charge in [-0.25, -0.2) is 4.98 Å². The molecule has 0 aliphatic carbocycles. The molecule has 0 atom stereocenters. The molecular weight excluding hydrogens is 422 g/mol.